The van der Waals surface area contributed by atoms with Gasteiger partial charge in [0, 0.05) is 30.6 Å². The van der Waals surface area contributed by atoms with Crippen molar-refractivity contribution in [3.63, 3.8) is 0 Å². The van der Waals surface area contributed by atoms with Gasteiger partial charge in [0.2, 0.25) is 10.0 Å². The summed E-state index contributed by atoms with van der Waals surface area (Å²) in [6.07, 6.45) is 1.15. The zero-order valence-electron chi connectivity index (χ0n) is 19.8. The summed E-state index contributed by atoms with van der Waals surface area (Å²) in [5.41, 5.74) is 2.58. The number of halogens is 1. The predicted octanol–water partition coefficient (Wildman–Crippen LogP) is 5.49. The van der Waals surface area contributed by atoms with Crippen LogP contribution in [-0.4, -0.2) is 34.2 Å². The highest BCUT2D eigenvalue weighted by molar-refractivity contribution is 7.92. The zero-order chi connectivity index (χ0) is 25.3. The molecule has 4 rings (SSSR count). The van der Waals surface area contributed by atoms with Gasteiger partial charge in [-0.3, -0.25) is 9.10 Å². The number of carbonyl (C=O) groups excluding carboxylic acids is 1. The highest BCUT2D eigenvalue weighted by atomic mass is 32.2. The van der Waals surface area contributed by atoms with E-state index in [9.17, 15) is 17.6 Å². The number of fused-ring (bicyclic) bond motifs is 1. The van der Waals surface area contributed by atoms with Gasteiger partial charge in [0.25, 0.3) is 5.91 Å². The van der Waals surface area contributed by atoms with E-state index in [4.69, 9.17) is 9.15 Å². The second kappa shape index (κ2) is 9.42. The molecule has 0 atom stereocenters. The van der Waals surface area contributed by atoms with Crippen LogP contribution in [0.1, 0.15) is 22.8 Å². The van der Waals surface area contributed by atoms with Crippen molar-refractivity contribution in [2.45, 2.75) is 13.8 Å². The third-order valence-corrected chi connectivity index (χ3v) is 6.84. The number of amides is 1. The molecule has 1 aromatic heterocycles. The van der Waals surface area contributed by atoms with E-state index < -0.39 is 10.0 Å². The fourth-order valence-electron chi connectivity index (χ4n) is 3.96. The Bertz CT molecular complexity index is 1490. The topological polar surface area (TPSA) is 88.8 Å². The minimum absolute atomic E-state index is 0.260. The van der Waals surface area contributed by atoms with Crippen LogP contribution in [0.2, 0.25) is 0 Å². The smallest absolute Gasteiger partial charge is 0.255 e. The molecule has 1 N–H and O–H groups in total. The summed E-state index contributed by atoms with van der Waals surface area (Å²) in [7, 11) is -1.96. The number of hydrogen-bond acceptors (Lipinski definition) is 5. The number of nitrogens with zero attached hydrogens (tertiary/aromatic N) is 1. The number of carbonyl (C=O) groups is 1. The summed E-state index contributed by atoms with van der Waals surface area (Å²) in [6.45, 7) is 3.81. The van der Waals surface area contributed by atoms with E-state index in [-0.39, 0.29) is 18.3 Å². The Morgan fingerprint density at radius 2 is 1.66 bits per heavy atom. The van der Waals surface area contributed by atoms with Gasteiger partial charge in [0.05, 0.1) is 17.5 Å². The highest BCUT2D eigenvalue weighted by Crippen LogP contribution is 2.38. The van der Waals surface area contributed by atoms with Gasteiger partial charge in [-0.1, -0.05) is 0 Å². The van der Waals surface area contributed by atoms with E-state index >= 15 is 0 Å². The molecular weight excluding hydrogens is 471 g/mol. The van der Waals surface area contributed by atoms with Crippen molar-refractivity contribution in [3.8, 4) is 22.8 Å². The number of rotatable bonds is 7. The summed E-state index contributed by atoms with van der Waals surface area (Å²) >= 11 is 0. The van der Waals surface area contributed by atoms with Gasteiger partial charge in [-0.2, -0.15) is 0 Å². The van der Waals surface area contributed by atoms with Crippen molar-refractivity contribution in [1.82, 2.24) is 5.32 Å². The van der Waals surface area contributed by atoms with Gasteiger partial charge >= 0.3 is 0 Å². The van der Waals surface area contributed by atoms with Crippen LogP contribution in [0.3, 0.4) is 0 Å². The van der Waals surface area contributed by atoms with Crippen molar-refractivity contribution in [2.24, 2.45) is 0 Å². The van der Waals surface area contributed by atoms with E-state index in [1.807, 2.05) is 0 Å². The SMILES string of the molecule is CCN(c1cc2oc(-c3ccc(Oc4ccc(F)cc4)cc3)c(C(=O)NC)c2cc1C)S(C)(=O)=O. The van der Waals surface area contributed by atoms with Crippen molar-refractivity contribution in [2.75, 3.05) is 24.2 Å². The van der Waals surface area contributed by atoms with Gasteiger partial charge in [0.1, 0.15) is 28.7 Å². The first-order valence-electron chi connectivity index (χ1n) is 10.9. The summed E-state index contributed by atoms with van der Waals surface area (Å²) in [5.74, 6) is 0.696. The van der Waals surface area contributed by atoms with E-state index in [1.54, 1.807) is 50.2 Å². The highest BCUT2D eigenvalue weighted by Gasteiger charge is 2.25. The first-order chi connectivity index (χ1) is 16.6. The number of sulfonamides is 1. The van der Waals surface area contributed by atoms with Crippen LogP contribution in [0.25, 0.3) is 22.3 Å². The molecule has 0 spiro atoms. The Balaban J connectivity index is 1.79. The molecule has 35 heavy (non-hydrogen) atoms. The van der Waals surface area contributed by atoms with Crippen LogP contribution in [-0.2, 0) is 10.0 Å². The minimum Gasteiger partial charge on any atom is -0.457 e. The van der Waals surface area contributed by atoms with Crippen molar-refractivity contribution >= 4 is 32.6 Å². The molecule has 0 aliphatic rings. The quantitative estimate of drug-likeness (QED) is 0.366. The molecule has 0 unspecified atom stereocenters. The van der Waals surface area contributed by atoms with Gasteiger partial charge in [-0.25, -0.2) is 12.8 Å². The molecule has 0 bridgehead atoms. The van der Waals surface area contributed by atoms with E-state index in [1.165, 1.54) is 35.6 Å². The lowest BCUT2D eigenvalue weighted by atomic mass is 10.0. The molecule has 0 fully saturated rings. The number of benzene rings is 3. The molecule has 0 aliphatic heterocycles. The minimum atomic E-state index is -3.49. The van der Waals surface area contributed by atoms with Crippen LogP contribution < -0.4 is 14.4 Å². The number of ether oxygens (including phenoxy) is 1. The Kier molecular flexibility index (Phi) is 6.53. The third kappa shape index (κ3) is 4.85. The van der Waals surface area contributed by atoms with Crippen molar-refractivity contribution < 1.29 is 26.8 Å². The fraction of sp³-hybridized carbons (Fsp3) is 0.192. The molecule has 0 saturated carbocycles. The summed E-state index contributed by atoms with van der Waals surface area (Å²) in [4.78, 5) is 12.8. The van der Waals surface area contributed by atoms with Crippen LogP contribution in [0.4, 0.5) is 10.1 Å². The van der Waals surface area contributed by atoms with Crippen LogP contribution in [0.15, 0.2) is 65.1 Å². The lowest BCUT2D eigenvalue weighted by Crippen LogP contribution is -2.30. The Morgan fingerprint density at radius 1 is 1.06 bits per heavy atom. The summed E-state index contributed by atoms with van der Waals surface area (Å²) in [6, 6.07) is 16.1. The first kappa shape index (κ1) is 24.3. The Morgan fingerprint density at radius 3 is 2.20 bits per heavy atom. The van der Waals surface area contributed by atoms with Crippen molar-refractivity contribution in [3.05, 3.63) is 77.6 Å². The molecule has 1 heterocycles. The van der Waals surface area contributed by atoms with Crippen molar-refractivity contribution in [1.29, 1.82) is 0 Å². The molecule has 9 heteroatoms. The molecule has 0 aliphatic carbocycles. The molecule has 7 nitrogen and oxygen atoms in total. The van der Waals surface area contributed by atoms with Crippen LogP contribution in [0, 0.1) is 12.7 Å². The Labute approximate surface area is 203 Å². The lowest BCUT2D eigenvalue weighted by Gasteiger charge is -2.22. The van der Waals surface area contributed by atoms with Gasteiger partial charge < -0.3 is 14.5 Å². The molecule has 0 saturated heterocycles. The van der Waals surface area contributed by atoms with Crippen LogP contribution >= 0.6 is 0 Å². The molecule has 3 aromatic carbocycles. The van der Waals surface area contributed by atoms with E-state index in [0.29, 0.717) is 50.6 Å². The first-order valence-corrected chi connectivity index (χ1v) is 12.8. The number of aryl methyl sites for hydroxylation is 1. The molecule has 0 radical (unpaired) electrons. The van der Waals surface area contributed by atoms with E-state index in [2.05, 4.69) is 5.32 Å². The number of anilines is 1. The largest absolute Gasteiger partial charge is 0.457 e. The summed E-state index contributed by atoms with van der Waals surface area (Å²) < 4.78 is 50.8. The molecule has 4 aromatic rings. The maximum Gasteiger partial charge on any atom is 0.255 e. The predicted molar refractivity (Wildman–Crippen MR) is 134 cm³/mol. The fourth-order valence-corrected chi connectivity index (χ4v) is 4.98. The monoisotopic (exact) mass is 496 g/mol. The van der Waals surface area contributed by atoms with E-state index in [0.717, 1.165) is 6.26 Å². The van der Waals surface area contributed by atoms with Gasteiger partial charge in [-0.05, 0) is 74.0 Å². The van der Waals surface area contributed by atoms with Gasteiger partial charge in [0.15, 0.2) is 0 Å². The number of hydrogen-bond donors (Lipinski definition) is 1. The molecule has 182 valence electrons. The normalized spacial score (nSPS) is 11.5. The molecule has 1 amide bonds. The molecular formula is C26H25FN2O5S. The Hall–Kier alpha value is -3.85. The number of furan rings is 1. The number of nitrogens with one attached hydrogen (secondary N) is 1. The summed E-state index contributed by atoms with van der Waals surface area (Å²) in [5, 5.41) is 3.23. The van der Waals surface area contributed by atoms with Crippen LogP contribution in [0.5, 0.6) is 11.5 Å². The zero-order valence-corrected chi connectivity index (χ0v) is 20.6. The average Bonchev–Trinajstić information content (AvgIpc) is 3.18. The lowest BCUT2D eigenvalue weighted by molar-refractivity contribution is 0.0964. The average molecular weight is 497 g/mol. The van der Waals surface area contributed by atoms with Gasteiger partial charge in [-0.15, -0.1) is 0 Å². The maximum atomic E-state index is 13.1. The second-order valence-corrected chi connectivity index (χ2v) is 9.94. The maximum absolute atomic E-state index is 13.1. The second-order valence-electron chi connectivity index (χ2n) is 8.03. The third-order valence-electron chi connectivity index (χ3n) is 5.58. The standard InChI is InChI=1S/C26H25FN2O5S/c1-5-29(35(4,31)32)22-15-23-21(14-16(22)2)24(26(30)28-3)25(34-23)17-6-10-19(11-7-17)33-20-12-8-18(27)9-13-20/h6-15H,5H2,1-4H3,(H,28,30).